The van der Waals surface area contributed by atoms with Crippen molar-refractivity contribution in [1.29, 1.82) is 0 Å². The number of furan rings is 1. The number of fused-ring (bicyclic) bond motifs is 2. The van der Waals surface area contributed by atoms with E-state index in [-0.39, 0.29) is 5.97 Å². The molecule has 2 aromatic carbocycles. The lowest BCUT2D eigenvalue weighted by molar-refractivity contribution is 0.0601. The van der Waals surface area contributed by atoms with Crippen LogP contribution in [-0.4, -0.2) is 31.2 Å². The zero-order chi connectivity index (χ0) is 19.3. The van der Waals surface area contributed by atoms with Crippen LogP contribution < -0.4 is 4.90 Å². The van der Waals surface area contributed by atoms with Crippen molar-refractivity contribution in [2.75, 3.05) is 19.1 Å². The lowest BCUT2D eigenvalue weighted by atomic mass is 10.1. The van der Waals surface area contributed by atoms with Crippen LogP contribution in [0.2, 0.25) is 0 Å². The summed E-state index contributed by atoms with van der Waals surface area (Å²) in [4.78, 5) is 19.1. The molecular weight excluding hydrogens is 352 g/mol. The summed E-state index contributed by atoms with van der Waals surface area (Å²) in [5.41, 5.74) is 4.02. The highest BCUT2D eigenvalue weighted by molar-refractivity contribution is 5.97. The van der Waals surface area contributed by atoms with Gasteiger partial charge in [-0.2, -0.15) is 0 Å². The van der Waals surface area contributed by atoms with Crippen LogP contribution in [0.4, 0.5) is 5.69 Å². The molecule has 0 N–H and O–H groups in total. The molecule has 0 unspecified atom stereocenters. The fourth-order valence-electron chi connectivity index (χ4n) is 3.62. The third-order valence-corrected chi connectivity index (χ3v) is 5.35. The topological polar surface area (TPSA) is 55.6 Å². The number of esters is 1. The average molecular weight is 372 g/mol. The van der Waals surface area contributed by atoms with E-state index < -0.39 is 0 Å². The summed E-state index contributed by atoms with van der Waals surface area (Å²) >= 11 is 0. The molecule has 28 heavy (non-hydrogen) atoms. The predicted octanol–water partition coefficient (Wildman–Crippen LogP) is 5.03. The number of hydrogen-bond donors (Lipinski definition) is 0. The summed E-state index contributed by atoms with van der Waals surface area (Å²) in [6, 6.07) is 18.1. The largest absolute Gasteiger partial charge is 0.465 e. The van der Waals surface area contributed by atoms with Crippen molar-refractivity contribution in [1.82, 2.24) is 4.98 Å². The van der Waals surface area contributed by atoms with Gasteiger partial charge in [-0.25, -0.2) is 9.78 Å². The van der Waals surface area contributed by atoms with Gasteiger partial charge >= 0.3 is 5.97 Å². The highest BCUT2D eigenvalue weighted by Crippen LogP contribution is 2.39. The van der Waals surface area contributed by atoms with Crippen LogP contribution in [0.1, 0.15) is 23.2 Å². The van der Waals surface area contributed by atoms with Crippen molar-refractivity contribution in [3.05, 3.63) is 60.2 Å². The highest BCUT2D eigenvalue weighted by Gasteiger charge is 2.29. The molecule has 0 saturated heterocycles. The van der Waals surface area contributed by atoms with Crippen LogP contribution in [0.15, 0.2) is 59.0 Å². The molecule has 1 fully saturated rings. The van der Waals surface area contributed by atoms with E-state index in [0.29, 0.717) is 11.6 Å². The van der Waals surface area contributed by atoms with Gasteiger partial charge in [0.2, 0.25) is 0 Å². The lowest BCUT2D eigenvalue weighted by Gasteiger charge is -2.21. The molecule has 0 radical (unpaired) electrons. The second-order valence-electron chi connectivity index (χ2n) is 7.25. The number of methoxy groups -OCH3 is 1. The van der Waals surface area contributed by atoms with E-state index in [4.69, 9.17) is 14.1 Å². The van der Waals surface area contributed by atoms with Crippen LogP contribution in [0, 0.1) is 0 Å². The Kier molecular flexibility index (Phi) is 3.83. The summed E-state index contributed by atoms with van der Waals surface area (Å²) in [5.74, 6) is 0.406. The minimum Gasteiger partial charge on any atom is -0.465 e. The second-order valence-corrected chi connectivity index (χ2v) is 7.25. The van der Waals surface area contributed by atoms with Gasteiger partial charge in [-0.1, -0.05) is 18.2 Å². The third kappa shape index (κ3) is 2.80. The van der Waals surface area contributed by atoms with Crippen LogP contribution in [0.25, 0.3) is 33.3 Å². The van der Waals surface area contributed by atoms with Gasteiger partial charge in [-0.05, 0) is 49.2 Å². The molecule has 1 saturated carbocycles. The van der Waals surface area contributed by atoms with Gasteiger partial charge in [-0.15, -0.1) is 0 Å². The van der Waals surface area contributed by atoms with Gasteiger partial charge < -0.3 is 14.1 Å². The second kappa shape index (κ2) is 6.37. The van der Waals surface area contributed by atoms with Crippen molar-refractivity contribution in [3.8, 4) is 11.5 Å². The number of aromatic nitrogens is 1. The number of pyridine rings is 1. The Balaban J connectivity index is 1.71. The summed E-state index contributed by atoms with van der Waals surface area (Å²) in [6.45, 7) is 0. The Morgan fingerprint density at radius 1 is 1.11 bits per heavy atom. The maximum Gasteiger partial charge on any atom is 0.337 e. The molecule has 1 aliphatic rings. The van der Waals surface area contributed by atoms with Crippen LogP contribution >= 0.6 is 0 Å². The SMILES string of the molecule is COC(=O)c1ccc2nc(-c3cc4ccccc4o3)c(N(C)C3CC3)cc2c1. The van der Waals surface area contributed by atoms with Gasteiger partial charge in [-0.3, -0.25) is 0 Å². The van der Waals surface area contributed by atoms with Crippen LogP contribution in [-0.2, 0) is 4.74 Å². The zero-order valence-electron chi connectivity index (χ0n) is 15.8. The predicted molar refractivity (Wildman–Crippen MR) is 110 cm³/mol. The van der Waals surface area contributed by atoms with E-state index in [0.717, 1.165) is 39.0 Å². The average Bonchev–Trinajstić information content (AvgIpc) is 3.49. The van der Waals surface area contributed by atoms with Crippen LogP contribution in [0.5, 0.6) is 0 Å². The molecule has 1 aliphatic carbocycles. The minimum absolute atomic E-state index is 0.347. The first kappa shape index (κ1) is 16.8. The quantitative estimate of drug-likeness (QED) is 0.470. The number of rotatable bonds is 4. The maximum absolute atomic E-state index is 11.9. The zero-order valence-corrected chi connectivity index (χ0v) is 15.8. The number of carbonyl (C=O) groups is 1. The molecule has 0 atom stereocenters. The van der Waals surface area contributed by atoms with E-state index >= 15 is 0 Å². The van der Waals surface area contributed by atoms with E-state index in [2.05, 4.69) is 18.0 Å². The third-order valence-electron chi connectivity index (χ3n) is 5.35. The fourth-order valence-corrected chi connectivity index (χ4v) is 3.62. The number of benzene rings is 2. The maximum atomic E-state index is 11.9. The van der Waals surface area contributed by atoms with Gasteiger partial charge in [0.15, 0.2) is 5.76 Å². The molecule has 5 rings (SSSR count). The normalized spacial score (nSPS) is 13.8. The summed E-state index contributed by atoms with van der Waals surface area (Å²) in [6.07, 6.45) is 2.35. The first-order valence-electron chi connectivity index (χ1n) is 9.39. The van der Waals surface area contributed by atoms with Gasteiger partial charge in [0, 0.05) is 23.9 Å². The first-order chi connectivity index (χ1) is 13.6. The summed E-state index contributed by atoms with van der Waals surface area (Å²) < 4.78 is 11.0. The van der Waals surface area contributed by atoms with Crippen LogP contribution in [0.3, 0.4) is 0 Å². The number of anilines is 1. The molecule has 2 heterocycles. The Bertz CT molecular complexity index is 1170. The van der Waals surface area contributed by atoms with Gasteiger partial charge in [0.1, 0.15) is 11.3 Å². The number of ether oxygens (including phenoxy) is 1. The van der Waals surface area contributed by atoms with Crippen molar-refractivity contribution in [2.45, 2.75) is 18.9 Å². The standard InChI is InChI=1S/C23H20N2O3/c1-25(17-8-9-17)19-12-16-11-15(23(26)27-2)7-10-18(16)24-22(19)21-13-14-5-3-4-6-20(14)28-21/h3-7,10-13,17H,8-9H2,1-2H3. The number of carbonyl (C=O) groups excluding carboxylic acids is 1. The molecule has 5 heteroatoms. The molecule has 0 bridgehead atoms. The van der Waals surface area contributed by atoms with Gasteiger partial charge in [0.05, 0.1) is 23.9 Å². The molecular formula is C23H20N2O3. The number of nitrogens with zero attached hydrogens (tertiary/aromatic N) is 2. The van der Waals surface area contributed by atoms with Crippen molar-refractivity contribution >= 4 is 33.5 Å². The van der Waals surface area contributed by atoms with E-state index in [1.54, 1.807) is 6.07 Å². The van der Waals surface area contributed by atoms with Crippen molar-refractivity contribution in [2.24, 2.45) is 0 Å². The molecule has 140 valence electrons. The summed E-state index contributed by atoms with van der Waals surface area (Å²) in [7, 11) is 3.48. The molecule has 0 amide bonds. The molecule has 4 aromatic rings. The first-order valence-corrected chi connectivity index (χ1v) is 9.39. The van der Waals surface area contributed by atoms with E-state index in [1.165, 1.54) is 20.0 Å². The number of para-hydroxylation sites is 1. The van der Waals surface area contributed by atoms with Crippen molar-refractivity contribution in [3.63, 3.8) is 0 Å². The number of hydrogen-bond acceptors (Lipinski definition) is 5. The van der Waals surface area contributed by atoms with Gasteiger partial charge in [0.25, 0.3) is 0 Å². The Morgan fingerprint density at radius 2 is 1.93 bits per heavy atom. The Morgan fingerprint density at radius 3 is 2.68 bits per heavy atom. The molecule has 0 aliphatic heterocycles. The van der Waals surface area contributed by atoms with E-state index in [9.17, 15) is 4.79 Å². The summed E-state index contributed by atoms with van der Waals surface area (Å²) in [5, 5.41) is 1.96. The van der Waals surface area contributed by atoms with Crippen molar-refractivity contribution < 1.29 is 13.9 Å². The van der Waals surface area contributed by atoms with E-state index in [1.807, 2.05) is 42.5 Å². The fraction of sp³-hybridized carbons (Fsp3) is 0.217. The highest BCUT2D eigenvalue weighted by atomic mass is 16.5. The monoisotopic (exact) mass is 372 g/mol. The lowest BCUT2D eigenvalue weighted by Crippen LogP contribution is -2.20. The Hall–Kier alpha value is -3.34. The minimum atomic E-state index is -0.347. The molecule has 2 aromatic heterocycles. The molecule has 5 nitrogen and oxygen atoms in total. The Labute approximate surface area is 162 Å². The smallest absolute Gasteiger partial charge is 0.337 e. The molecule has 0 spiro atoms.